The van der Waals surface area contributed by atoms with Crippen molar-refractivity contribution in [2.75, 3.05) is 20.3 Å². The molecule has 0 heterocycles. The van der Waals surface area contributed by atoms with Gasteiger partial charge in [-0.1, -0.05) is 18.2 Å². The highest BCUT2D eigenvalue weighted by Gasteiger charge is 2.14. The lowest BCUT2D eigenvalue weighted by atomic mass is 10.0. The maximum atomic E-state index is 12.4. The fourth-order valence-electron chi connectivity index (χ4n) is 2.69. The quantitative estimate of drug-likeness (QED) is 0.611. The van der Waals surface area contributed by atoms with E-state index in [1.807, 2.05) is 24.3 Å². The summed E-state index contributed by atoms with van der Waals surface area (Å²) in [5, 5.41) is 13.4. The highest BCUT2D eigenvalue weighted by Crippen LogP contribution is 2.21. The maximum Gasteiger partial charge on any atom is 0.163 e. The predicted molar refractivity (Wildman–Crippen MR) is 111 cm³/mol. The highest BCUT2D eigenvalue weighted by atomic mass is 16.5. The number of carbonyl (C=O) groups excluding carboxylic acids is 1. The zero-order chi connectivity index (χ0) is 20.6. The molecule has 5 nitrogen and oxygen atoms in total. The van der Waals surface area contributed by atoms with Crippen molar-refractivity contribution in [3.63, 3.8) is 0 Å². The normalized spacial score (nSPS) is 12.5. The Hall–Kier alpha value is -2.37. The number of para-hydroxylation sites is 1. The monoisotopic (exact) mass is 385 g/mol. The van der Waals surface area contributed by atoms with Crippen LogP contribution in [0.25, 0.3) is 0 Å². The van der Waals surface area contributed by atoms with E-state index >= 15 is 0 Å². The van der Waals surface area contributed by atoms with Gasteiger partial charge in [0.15, 0.2) is 5.78 Å². The van der Waals surface area contributed by atoms with Crippen molar-refractivity contribution in [3.8, 4) is 11.5 Å². The molecular weight excluding hydrogens is 354 g/mol. The van der Waals surface area contributed by atoms with Crippen molar-refractivity contribution in [2.45, 2.75) is 45.3 Å². The zero-order valence-corrected chi connectivity index (χ0v) is 17.2. The van der Waals surface area contributed by atoms with Gasteiger partial charge < -0.3 is 19.9 Å². The van der Waals surface area contributed by atoms with Gasteiger partial charge in [-0.2, -0.15) is 0 Å². The molecule has 0 aliphatic rings. The first-order valence-electron chi connectivity index (χ1n) is 9.59. The van der Waals surface area contributed by atoms with Gasteiger partial charge >= 0.3 is 0 Å². The molecular formula is C23H31NO4. The maximum absolute atomic E-state index is 12.4. The summed E-state index contributed by atoms with van der Waals surface area (Å²) in [5.41, 5.74) is 1.57. The molecule has 0 aliphatic heterocycles. The number of hydrogen-bond donors (Lipinski definition) is 2. The fourth-order valence-corrected chi connectivity index (χ4v) is 2.69. The van der Waals surface area contributed by atoms with E-state index in [0.29, 0.717) is 30.7 Å². The van der Waals surface area contributed by atoms with Crippen LogP contribution >= 0.6 is 0 Å². The Bertz CT molecular complexity index is 750. The molecule has 0 aromatic heterocycles. The van der Waals surface area contributed by atoms with Gasteiger partial charge in [-0.25, -0.2) is 0 Å². The van der Waals surface area contributed by atoms with Gasteiger partial charge in [0.25, 0.3) is 0 Å². The van der Waals surface area contributed by atoms with Crippen LogP contribution in [0.3, 0.4) is 0 Å². The number of aliphatic hydroxyl groups is 1. The summed E-state index contributed by atoms with van der Waals surface area (Å²) in [6.07, 6.45) is 0.367. The van der Waals surface area contributed by atoms with E-state index in [1.165, 1.54) is 0 Å². The minimum Gasteiger partial charge on any atom is -0.497 e. The van der Waals surface area contributed by atoms with Crippen molar-refractivity contribution < 1.29 is 19.4 Å². The van der Waals surface area contributed by atoms with Crippen LogP contribution in [0.4, 0.5) is 0 Å². The summed E-state index contributed by atoms with van der Waals surface area (Å²) in [6, 6.07) is 14.8. The molecule has 0 saturated heterocycles. The van der Waals surface area contributed by atoms with Crippen LogP contribution in [0.2, 0.25) is 0 Å². The van der Waals surface area contributed by atoms with Crippen LogP contribution in [0.5, 0.6) is 11.5 Å². The van der Waals surface area contributed by atoms with E-state index in [9.17, 15) is 9.90 Å². The highest BCUT2D eigenvalue weighted by molar-refractivity contribution is 5.96. The molecule has 2 rings (SSSR count). The molecule has 2 aromatic rings. The van der Waals surface area contributed by atoms with Crippen molar-refractivity contribution in [2.24, 2.45) is 0 Å². The summed E-state index contributed by atoms with van der Waals surface area (Å²) < 4.78 is 10.9. The molecule has 2 N–H and O–H groups in total. The summed E-state index contributed by atoms with van der Waals surface area (Å²) in [5.74, 6) is 1.52. The standard InChI is InChI=1S/C23H31NO4/c1-23(2,3)24-15-19(25)16-28-22-8-6-5-7-18(22)11-14-21(26)17-9-12-20(27-4)13-10-17/h5-10,12-13,19,24-25H,11,14-16H2,1-4H3. The van der Waals surface area contributed by atoms with Crippen LogP contribution in [0.1, 0.15) is 43.1 Å². The molecule has 0 fully saturated rings. The first-order valence-corrected chi connectivity index (χ1v) is 9.59. The molecule has 0 spiro atoms. The summed E-state index contributed by atoms with van der Waals surface area (Å²) in [4.78, 5) is 12.4. The largest absolute Gasteiger partial charge is 0.497 e. The summed E-state index contributed by atoms with van der Waals surface area (Å²) in [6.45, 7) is 6.81. The van der Waals surface area contributed by atoms with Crippen LogP contribution in [0.15, 0.2) is 48.5 Å². The third-order valence-electron chi connectivity index (χ3n) is 4.31. The molecule has 0 amide bonds. The Morgan fingerprint density at radius 2 is 1.79 bits per heavy atom. The molecule has 0 bridgehead atoms. The second kappa shape index (κ2) is 10.2. The van der Waals surface area contributed by atoms with Crippen LogP contribution in [-0.4, -0.2) is 42.8 Å². The molecule has 0 aliphatic carbocycles. The Kier molecular flexibility index (Phi) is 8.03. The number of ketones is 1. The zero-order valence-electron chi connectivity index (χ0n) is 17.2. The van der Waals surface area contributed by atoms with E-state index in [-0.39, 0.29) is 17.9 Å². The van der Waals surface area contributed by atoms with Gasteiger partial charge in [0.1, 0.15) is 24.2 Å². The van der Waals surface area contributed by atoms with Crippen LogP contribution < -0.4 is 14.8 Å². The van der Waals surface area contributed by atoms with Crippen molar-refractivity contribution in [1.82, 2.24) is 5.32 Å². The molecule has 152 valence electrons. The molecule has 0 radical (unpaired) electrons. The van der Waals surface area contributed by atoms with Gasteiger partial charge in [0.05, 0.1) is 7.11 Å². The third kappa shape index (κ3) is 7.33. The number of Topliss-reactive ketones (excluding diaryl/α,β-unsaturated/α-hetero) is 1. The number of nitrogens with one attached hydrogen (secondary N) is 1. The number of aryl methyl sites for hydroxylation is 1. The van der Waals surface area contributed by atoms with Gasteiger partial charge in [-0.15, -0.1) is 0 Å². The average Bonchev–Trinajstić information content (AvgIpc) is 2.69. The lowest BCUT2D eigenvalue weighted by Gasteiger charge is -2.23. The Morgan fingerprint density at radius 3 is 2.43 bits per heavy atom. The number of aliphatic hydroxyl groups excluding tert-OH is 1. The Labute approximate surface area is 167 Å². The van der Waals surface area contributed by atoms with Crippen molar-refractivity contribution >= 4 is 5.78 Å². The number of hydrogen-bond acceptors (Lipinski definition) is 5. The van der Waals surface area contributed by atoms with Gasteiger partial charge in [0, 0.05) is 24.1 Å². The first kappa shape index (κ1) is 21.9. The second-order valence-corrected chi connectivity index (χ2v) is 7.86. The molecule has 5 heteroatoms. The number of ether oxygens (including phenoxy) is 2. The van der Waals surface area contributed by atoms with Crippen LogP contribution in [-0.2, 0) is 6.42 Å². The molecule has 28 heavy (non-hydrogen) atoms. The van der Waals surface area contributed by atoms with Crippen molar-refractivity contribution in [1.29, 1.82) is 0 Å². The third-order valence-corrected chi connectivity index (χ3v) is 4.31. The predicted octanol–water partition coefficient (Wildman–Crippen LogP) is 3.64. The average molecular weight is 386 g/mol. The number of β-amino-alcohol motifs (C(OH)–C–C–N with tert-alkyl or cyclic N) is 1. The molecule has 1 unspecified atom stereocenters. The fraction of sp³-hybridized carbons (Fsp3) is 0.435. The lowest BCUT2D eigenvalue weighted by molar-refractivity contribution is 0.0972. The molecule has 2 aromatic carbocycles. The summed E-state index contributed by atoms with van der Waals surface area (Å²) in [7, 11) is 1.60. The summed E-state index contributed by atoms with van der Waals surface area (Å²) >= 11 is 0. The number of carbonyl (C=O) groups is 1. The van der Waals surface area contributed by atoms with E-state index in [2.05, 4.69) is 26.1 Å². The van der Waals surface area contributed by atoms with Crippen LogP contribution in [0, 0.1) is 0 Å². The molecule has 0 saturated carbocycles. The Balaban J connectivity index is 1.89. The van der Waals surface area contributed by atoms with E-state index in [0.717, 1.165) is 11.3 Å². The minimum atomic E-state index is -0.604. The van der Waals surface area contributed by atoms with Gasteiger partial charge in [0.2, 0.25) is 0 Å². The number of rotatable bonds is 10. The smallest absolute Gasteiger partial charge is 0.163 e. The number of methoxy groups -OCH3 is 1. The van der Waals surface area contributed by atoms with E-state index < -0.39 is 6.10 Å². The second-order valence-electron chi connectivity index (χ2n) is 7.86. The van der Waals surface area contributed by atoms with Gasteiger partial charge in [-0.05, 0) is 63.1 Å². The topological polar surface area (TPSA) is 67.8 Å². The van der Waals surface area contributed by atoms with E-state index in [4.69, 9.17) is 9.47 Å². The SMILES string of the molecule is COc1ccc(C(=O)CCc2ccccc2OCC(O)CNC(C)(C)C)cc1. The lowest BCUT2D eigenvalue weighted by Crippen LogP contribution is -2.42. The van der Waals surface area contributed by atoms with E-state index in [1.54, 1.807) is 31.4 Å². The number of benzene rings is 2. The minimum absolute atomic E-state index is 0.0549. The Morgan fingerprint density at radius 1 is 1.11 bits per heavy atom. The molecule has 1 atom stereocenters. The first-order chi connectivity index (χ1) is 13.3. The van der Waals surface area contributed by atoms with Crippen molar-refractivity contribution in [3.05, 3.63) is 59.7 Å². The van der Waals surface area contributed by atoms with Gasteiger partial charge in [-0.3, -0.25) is 4.79 Å².